The number of hydrogen-bond donors (Lipinski definition) is 1. The Morgan fingerprint density at radius 3 is 2.57 bits per heavy atom. The van der Waals surface area contributed by atoms with Gasteiger partial charge in [-0.15, -0.1) is 11.3 Å². The van der Waals surface area contributed by atoms with Crippen molar-refractivity contribution in [3.8, 4) is 0 Å². The second-order valence-corrected chi connectivity index (χ2v) is 6.57. The maximum atomic E-state index is 4.20. The molecule has 0 aliphatic rings. The lowest BCUT2D eigenvalue weighted by molar-refractivity contribution is 0.498. The Kier molecular flexibility index (Phi) is 4.04. The molecule has 0 aliphatic heterocycles. The van der Waals surface area contributed by atoms with Crippen molar-refractivity contribution in [1.29, 1.82) is 0 Å². The van der Waals surface area contributed by atoms with E-state index in [-0.39, 0.29) is 0 Å². The molecular formula is C18H20N2S. The maximum absolute atomic E-state index is 4.20. The Balaban J connectivity index is 1.84. The first kappa shape index (κ1) is 14.2. The molecule has 0 fully saturated rings. The van der Waals surface area contributed by atoms with Gasteiger partial charge in [0, 0.05) is 34.1 Å². The molecule has 0 amide bonds. The zero-order chi connectivity index (χ0) is 14.8. The topological polar surface area (TPSA) is 24.9 Å². The van der Waals surface area contributed by atoms with Crippen molar-refractivity contribution in [3.05, 3.63) is 64.8 Å². The fraction of sp³-hybridized carbons (Fsp3) is 0.278. The quantitative estimate of drug-likeness (QED) is 0.731. The van der Waals surface area contributed by atoms with Crippen LogP contribution in [0.2, 0.25) is 0 Å². The molecule has 3 aromatic rings. The lowest BCUT2D eigenvalue weighted by Gasteiger charge is -2.20. The van der Waals surface area contributed by atoms with Crippen LogP contribution >= 0.6 is 11.3 Å². The highest BCUT2D eigenvalue weighted by Crippen LogP contribution is 2.35. The molecule has 3 heteroatoms. The van der Waals surface area contributed by atoms with E-state index in [9.17, 15) is 0 Å². The van der Waals surface area contributed by atoms with Crippen LogP contribution in [0.25, 0.3) is 10.1 Å². The second kappa shape index (κ2) is 5.96. The summed E-state index contributed by atoms with van der Waals surface area (Å²) >= 11 is 1.89. The van der Waals surface area contributed by atoms with E-state index in [1.807, 2.05) is 29.8 Å². The maximum Gasteiger partial charge on any atom is 0.0394 e. The fourth-order valence-electron chi connectivity index (χ4n) is 2.79. The molecule has 1 N–H and O–H groups in total. The van der Waals surface area contributed by atoms with E-state index in [4.69, 9.17) is 0 Å². The third-order valence-electron chi connectivity index (χ3n) is 3.96. The predicted molar refractivity (Wildman–Crippen MR) is 90.8 cm³/mol. The van der Waals surface area contributed by atoms with Crippen molar-refractivity contribution in [3.63, 3.8) is 0 Å². The second-order valence-electron chi connectivity index (χ2n) is 5.48. The van der Waals surface area contributed by atoms with Gasteiger partial charge in [-0.1, -0.05) is 24.3 Å². The SMILES string of the molecule is Cc1c(C(C)N[C@@H](C)c2cccnc2)sc2ccccc12. The van der Waals surface area contributed by atoms with Crippen molar-refractivity contribution in [2.75, 3.05) is 0 Å². The van der Waals surface area contributed by atoms with Crippen LogP contribution in [-0.2, 0) is 0 Å². The summed E-state index contributed by atoms with van der Waals surface area (Å²) in [5.41, 5.74) is 2.62. The van der Waals surface area contributed by atoms with Gasteiger partial charge >= 0.3 is 0 Å². The normalized spacial score (nSPS) is 14.2. The van der Waals surface area contributed by atoms with Crippen molar-refractivity contribution in [1.82, 2.24) is 10.3 Å². The molecule has 0 radical (unpaired) electrons. The molecule has 21 heavy (non-hydrogen) atoms. The number of nitrogens with zero attached hydrogens (tertiary/aromatic N) is 1. The number of nitrogens with one attached hydrogen (secondary N) is 1. The van der Waals surface area contributed by atoms with Crippen LogP contribution < -0.4 is 5.32 Å². The lowest BCUT2D eigenvalue weighted by Crippen LogP contribution is -2.22. The average molecular weight is 296 g/mol. The Morgan fingerprint density at radius 1 is 1.05 bits per heavy atom. The van der Waals surface area contributed by atoms with E-state index < -0.39 is 0 Å². The number of rotatable bonds is 4. The predicted octanol–water partition coefficient (Wildman–Crippen LogP) is 5.02. The highest BCUT2D eigenvalue weighted by molar-refractivity contribution is 7.19. The van der Waals surface area contributed by atoms with Crippen molar-refractivity contribution >= 4 is 21.4 Å². The molecule has 0 spiro atoms. The van der Waals surface area contributed by atoms with Gasteiger partial charge in [0.1, 0.15) is 0 Å². The van der Waals surface area contributed by atoms with Crippen molar-refractivity contribution < 1.29 is 0 Å². The van der Waals surface area contributed by atoms with Crippen LogP contribution in [0.3, 0.4) is 0 Å². The number of pyridine rings is 1. The summed E-state index contributed by atoms with van der Waals surface area (Å²) in [6.45, 7) is 6.65. The minimum Gasteiger partial charge on any atom is -0.303 e. The highest BCUT2D eigenvalue weighted by atomic mass is 32.1. The Morgan fingerprint density at radius 2 is 1.86 bits per heavy atom. The van der Waals surface area contributed by atoms with Gasteiger partial charge in [-0.25, -0.2) is 0 Å². The summed E-state index contributed by atoms with van der Waals surface area (Å²) in [4.78, 5) is 5.62. The van der Waals surface area contributed by atoms with Gasteiger partial charge in [0.2, 0.25) is 0 Å². The number of aryl methyl sites for hydroxylation is 1. The minimum absolute atomic E-state index is 0.290. The summed E-state index contributed by atoms with van der Waals surface area (Å²) in [6, 6.07) is 13.4. The molecule has 108 valence electrons. The van der Waals surface area contributed by atoms with E-state index in [2.05, 4.69) is 61.4 Å². The number of hydrogen-bond acceptors (Lipinski definition) is 3. The van der Waals surface area contributed by atoms with Crippen LogP contribution in [0.15, 0.2) is 48.8 Å². The van der Waals surface area contributed by atoms with Gasteiger partial charge in [-0.3, -0.25) is 4.98 Å². The average Bonchev–Trinajstić information content (AvgIpc) is 2.86. The molecule has 0 saturated carbocycles. The van der Waals surface area contributed by atoms with Crippen LogP contribution in [0.4, 0.5) is 0 Å². The van der Waals surface area contributed by atoms with Crippen LogP contribution in [0.5, 0.6) is 0 Å². The van der Waals surface area contributed by atoms with E-state index in [1.54, 1.807) is 0 Å². The molecule has 0 saturated heterocycles. The van der Waals surface area contributed by atoms with Crippen molar-refractivity contribution in [2.45, 2.75) is 32.9 Å². The third-order valence-corrected chi connectivity index (χ3v) is 5.41. The summed E-state index contributed by atoms with van der Waals surface area (Å²) in [5.74, 6) is 0. The van der Waals surface area contributed by atoms with E-state index in [1.165, 1.54) is 26.1 Å². The minimum atomic E-state index is 0.290. The zero-order valence-corrected chi connectivity index (χ0v) is 13.4. The molecule has 3 rings (SSSR count). The molecular weight excluding hydrogens is 276 g/mol. The highest BCUT2D eigenvalue weighted by Gasteiger charge is 2.16. The van der Waals surface area contributed by atoms with Gasteiger partial charge in [-0.2, -0.15) is 0 Å². The van der Waals surface area contributed by atoms with Gasteiger partial charge in [-0.05, 0) is 49.4 Å². The molecule has 0 aliphatic carbocycles. The first-order valence-corrected chi connectivity index (χ1v) is 8.12. The smallest absolute Gasteiger partial charge is 0.0394 e. The first-order chi connectivity index (χ1) is 10.2. The summed E-state index contributed by atoms with van der Waals surface area (Å²) < 4.78 is 1.37. The van der Waals surface area contributed by atoms with E-state index in [0.717, 1.165) is 0 Å². The summed E-state index contributed by atoms with van der Waals surface area (Å²) in [6.07, 6.45) is 3.75. The van der Waals surface area contributed by atoms with E-state index in [0.29, 0.717) is 12.1 Å². The van der Waals surface area contributed by atoms with Gasteiger partial charge in [0.25, 0.3) is 0 Å². The third kappa shape index (κ3) is 2.85. The number of fused-ring (bicyclic) bond motifs is 1. The van der Waals surface area contributed by atoms with Crippen molar-refractivity contribution in [2.24, 2.45) is 0 Å². The summed E-state index contributed by atoms with van der Waals surface area (Å²) in [7, 11) is 0. The van der Waals surface area contributed by atoms with Gasteiger partial charge in [0.05, 0.1) is 0 Å². The number of benzene rings is 1. The molecule has 1 unspecified atom stereocenters. The largest absolute Gasteiger partial charge is 0.303 e. The Labute approximate surface area is 129 Å². The number of aromatic nitrogens is 1. The monoisotopic (exact) mass is 296 g/mol. The summed E-state index contributed by atoms with van der Waals surface area (Å²) in [5, 5.41) is 5.06. The van der Waals surface area contributed by atoms with Crippen LogP contribution in [-0.4, -0.2) is 4.98 Å². The van der Waals surface area contributed by atoms with Gasteiger partial charge < -0.3 is 5.32 Å². The molecule has 2 atom stereocenters. The molecule has 1 aromatic carbocycles. The van der Waals surface area contributed by atoms with E-state index >= 15 is 0 Å². The Hall–Kier alpha value is -1.71. The molecule has 2 aromatic heterocycles. The van der Waals surface area contributed by atoms with Crippen LogP contribution in [0.1, 0.15) is 41.9 Å². The standard InChI is InChI=1S/C18H20N2S/c1-12-16-8-4-5-9-17(16)21-18(12)14(3)20-13(2)15-7-6-10-19-11-15/h4-11,13-14,20H,1-3H3/t13-,14?/m0/s1. The Bertz CT molecular complexity index is 733. The number of thiophene rings is 1. The molecule has 2 heterocycles. The lowest BCUT2D eigenvalue weighted by atomic mass is 10.1. The van der Waals surface area contributed by atoms with Crippen LogP contribution in [0, 0.1) is 6.92 Å². The molecule has 2 nitrogen and oxygen atoms in total. The van der Waals surface area contributed by atoms with Gasteiger partial charge in [0.15, 0.2) is 0 Å². The fourth-order valence-corrected chi connectivity index (χ4v) is 4.01. The zero-order valence-electron chi connectivity index (χ0n) is 12.6. The molecule has 0 bridgehead atoms. The first-order valence-electron chi connectivity index (χ1n) is 7.31.